The summed E-state index contributed by atoms with van der Waals surface area (Å²) in [4.78, 5) is 13.8. The van der Waals surface area contributed by atoms with Gasteiger partial charge >= 0.3 is 0 Å². The molecule has 2 rings (SSSR count). The minimum atomic E-state index is -0.0851. The minimum absolute atomic E-state index is 0.0851. The Kier molecular flexibility index (Phi) is 5.51. The second kappa shape index (κ2) is 7.58. The van der Waals surface area contributed by atoms with Gasteiger partial charge in [-0.3, -0.25) is 4.79 Å². The predicted molar refractivity (Wildman–Crippen MR) is 90.8 cm³/mol. The van der Waals surface area contributed by atoms with E-state index in [4.69, 9.17) is 5.26 Å². The van der Waals surface area contributed by atoms with Crippen LogP contribution in [0.3, 0.4) is 0 Å². The molecule has 0 heterocycles. The number of benzene rings is 2. The van der Waals surface area contributed by atoms with Gasteiger partial charge in [-0.1, -0.05) is 46.3 Å². The Morgan fingerprint density at radius 3 is 2.77 bits per heavy atom. The van der Waals surface area contributed by atoms with Crippen LogP contribution in [-0.2, 0) is 11.3 Å². The highest BCUT2D eigenvalue weighted by Gasteiger charge is 2.06. The van der Waals surface area contributed by atoms with E-state index in [2.05, 4.69) is 22.0 Å². The summed E-state index contributed by atoms with van der Waals surface area (Å²) in [5.74, 6) is -0.0851. The summed E-state index contributed by atoms with van der Waals surface area (Å²) in [6, 6.07) is 17.1. The van der Waals surface area contributed by atoms with Crippen molar-refractivity contribution in [2.45, 2.75) is 6.54 Å². The lowest BCUT2D eigenvalue weighted by molar-refractivity contribution is -0.125. The smallest absolute Gasteiger partial charge is 0.246 e. The fourth-order valence-corrected chi connectivity index (χ4v) is 2.41. The van der Waals surface area contributed by atoms with Gasteiger partial charge in [0, 0.05) is 24.1 Å². The van der Waals surface area contributed by atoms with Crippen LogP contribution < -0.4 is 0 Å². The van der Waals surface area contributed by atoms with Crippen molar-refractivity contribution in [2.24, 2.45) is 0 Å². The molecule has 0 bridgehead atoms. The molecule has 0 aliphatic rings. The number of rotatable bonds is 4. The number of carbonyl (C=O) groups is 1. The summed E-state index contributed by atoms with van der Waals surface area (Å²) in [6.07, 6.45) is 3.34. The molecule has 22 heavy (non-hydrogen) atoms. The van der Waals surface area contributed by atoms with Crippen molar-refractivity contribution in [3.8, 4) is 6.07 Å². The highest BCUT2D eigenvalue weighted by Crippen LogP contribution is 2.17. The quantitative estimate of drug-likeness (QED) is 0.779. The van der Waals surface area contributed by atoms with E-state index < -0.39 is 0 Å². The minimum Gasteiger partial charge on any atom is -0.338 e. The maximum atomic E-state index is 12.1. The van der Waals surface area contributed by atoms with Gasteiger partial charge in [-0.2, -0.15) is 5.26 Å². The summed E-state index contributed by atoms with van der Waals surface area (Å²) in [6.45, 7) is 0.467. The highest BCUT2D eigenvalue weighted by molar-refractivity contribution is 9.10. The number of halogens is 1. The van der Waals surface area contributed by atoms with Gasteiger partial charge in [0.2, 0.25) is 5.91 Å². The molecular formula is C18H15BrN2O. The molecule has 1 amide bonds. The summed E-state index contributed by atoms with van der Waals surface area (Å²) in [5, 5.41) is 8.90. The van der Waals surface area contributed by atoms with E-state index in [1.165, 1.54) is 0 Å². The molecule has 3 nitrogen and oxygen atoms in total. The average Bonchev–Trinajstić information content (AvgIpc) is 2.54. The Labute approximate surface area is 138 Å². The third-order valence-corrected chi connectivity index (χ3v) is 3.88. The van der Waals surface area contributed by atoms with Gasteiger partial charge < -0.3 is 4.90 Å². The Morgan fingerprint density at radius 1 is 1.27 bits per heavy atom. The van der Waals surface area contributed by atoms with Gasteiger partial charge in [0.1, 0.15) is 0 Å². The van der Waals surface area contributed by atoms with Crippen LogP contribution in [0.5, 0.6) is 0 Å². The summed E-state index contributed by atoms with van der Waals surface area (Å²) in [5.41, 5.74) is 2.49. The number of nitriles is 1. The topological polar surface area (TPSA) is 44.1 Å². The molecule has 0 aromatic heterocycles. The Balaban J connectivity index is 2.03. The largest absolute Gasteiger partial charge is 0.338 e. The van der Waals surface area contributed by atoms with E-state index in [0.29, 0.717) is 12.1 Å². The molecule has 0 N–H and O–H groups in total. The van der Waals surface area contributed by atoms with E-state index in [9.17, 15) is 4.79 Å². The molecule has 0 atom stereocenters. The van der Waals surface area contributed by atoms with Crippen molar-refractivity contribution in [1.29, 1.82) is 5.26 Å². The fourth-order valence-electron chi connectivity index (χ4n) is 1.99. The van der Waals surface area contributed by atoms with Gasteiger partial charge in [0.15, 0.2) is 0 Å². The summed E-state index contributed by atoms with van der Waals surface area (Å²) < 4.78 is 0.948. The molecule has 0 spiro atoms. The molecule has 0 saturated carbocycles. The highest BCUT2D eigenvalue weighted by atomic mass is 79.9. The van der Waals surface area contributed by atoms with Crippen molar-refractivity contribution in [3.05, 3.63) is 75.8 Å². The average molecular weight is 355 g/mol. The van der Waals surface area contributed by atoms with Crippen molar-refractivity contribution >= 4 is 27.9 Å². The van der Waals surface area contributed by atoms with E-state index >= 15 is 0 Å². The van der Waals surface area contributed by atoms with Gasteiger partial charge in [-0.25, -0.2) is 0 Å². The number of nitrogens with zero attached hydrogens (tertiary/aromatic N) is 2. The molecule has 2 aromatic rings. The molecule has 0 fully saturated rings. The molecule has 4 heteroatoms. The zero-order valence-electron chi connectivity index (χ0n) is 12.2. The monoisotopic (exact) mass is 354 g/mol. The van der Waals surface area contributed by atoms with Crippen LogP contribution in [0.15, 0.2) is 59.1 Å². The third kappa shape index (κ3) is 4.31. The van der Waals surface area contributed by atoms with E-state index in [0.717, 1.165) is 15.6 Å². The zero-order chi connectivity index (χ0) is 15.9. The van der Waals surface area contributed by atoms with E-state index in [-0.39, 0.29) is 5.91 Å². The lowest BCUT2D eigenvalue weighted by Gasteiger charge is -2.15. The molecule has 0 aliphatic heterocycles. The second-order valence-electron chi connectivity index (χ2n) is 4.86. The molecule has 0 saturated heterocycles. The van der Waals surface area contributed by atoms with Gasteiger partial charge in [-0.05, 0) is 35.4 Å². The molecule has 2 aromatic carbocycles. The van der Waals surface area contributed by atoms with Crippen LogP contribution in [0.2, 0.25) is 0 Å². The van der Waals surface area contributed by atoms with Gasteiger partial charge in [0.05, 0.1) is 11.6 Å². The number of hydrogen-bond acceptors (Lipinski definition) is 2. The SMILES string of the molecule is CN(Cc1cccc(C#N)c1)C(=O)C=Cc1ccccc1Br. The van der Waals surface area contributed by atoms with Gasteiger partial charge in [-0.15, -0.1) is 0 Å². The first-order valence-electron chi connectivity index (χ1n) is 6.77. The predicted octanol–water partition coefficient (Wildman–Crippen LogP) is 3.99. The van der Waals surface area contributed by atoms with Crippen LogP contribution in [0.4, 0.5) is 0 Å². The fraction of sp³-hybridized carbons (Fsp3) is 0.111. The number of amides is 1. The lowest BCUT2D eigenvalue weighted by Crippen LogP contribution is -2.24. The van der Waals surface area contributed by atoms with E-state index in [1.54, 1.807) is 36.2 Å². The van der Waals surface area contributed by atoms with Crippen molar-refractivity contribution < 1.29 is 4.79 Å². The Hall–Kier alpha value is -2.38. The first-order chi connectivity index (χ1) is 10.6. The third-order valence-electron chi connectivity index (χ3n) is 3.16. The Bertz CT molecular complexity index is 747. The molecule has 0 radical (unpaired) electrons. The maximum Gasteiger partial charge on any atom is 0.246 e. The van der Waals surface area contributed by atoms with E-state index in [1.807, 2.05) is 36.4 Å². The number of hydrogen-bond donors (Lipinski definition) is 0. The zero-order valence-corrected chi connectivity index (χ0v) is 13.7. The first kappa shape index (κ1) is 16.0. The van der Waals surface area contributed by atoms with Crippen molar-refractivity contribution in [1.82, 2.24) is 4.90 Å². The first-order valence-corrected chi connectivity index (χ1v) is 7.56. The molecule has 110 valence electrons. The van der Waals surface area contributed by atoms with Crippen molar-refractivity contribution in [2.75, 3.05) is 7.05 Å². The normalized spacial score (nSPS) is 10.4. The standard InChI is InChI=1S/C18H15BrN2O/c1-21(13-15-6-4-5-14(11-15)12-20)18(22)10-9-16-7-2-3-8-17(16)19/h2-11H,13H2,1H3. The number of carbonyl (C=O) groups excluding carboxylic acids is 1. The van der Waals surface area contributed by atoms with Crippen LogP contribution in [0.25, 0.3) is 6.08 Å². The summed E-state index contributed by atoms with van der Waals surface area (Å²) >= 11 is 3.45. The maximum absolute atomic E-state index is 12.1. The van der Waals surface area contributed by atoms with Crippen LogP contribution in [-0.4, -0.2) is 17.9 Å². The van der Waals surface area contributed by atoms with Crippen molar-refractivity contribution in [3.63, 3.8) is 0 Å². The van der Waals surface area contributed by atoms with Crippen LogP contribution in [0.1, 0.15) is 16.7 Å². The second-order valence-corrected chi connectivity index (χ2v) is 5.72. The van der Waals surface area contributed by atoms with Gasteiger partial charge in [0.25, 0.3) is 0 Å². The Morgan fingerprint density at radius 2 is 2.05 bits per heavy atom. The van der Waals surface area contributed by atoms with Crippen LogP contribution >= 0.6 is 15.9 Å². The molecule has 0 unspecified atom stereocenters. The van der Waals surface area contributed by atoms with Crippen LogP contribution in [0, 0.1) is 11.3 Å². The molecule has 0 aliphatic carbocycles. The number of likely N-dealkylation sites (N-methyl/N-ethyl adjacent to an activating group) is 1. The lowest BCUT2D eigenvalue weighted by atomic mass is 10.1. The molecular weight excluding hydrogens is 340 g/mol. The summed E-state index contributed by atoms with van der Waals surface area (Å²) in [7, 11) is 1.74.